The lowest BCUT2D eigenvalue weighted by molar-refractivity contribution is -0.119. The van der Waals surface area contributed by atoms with E-state index in [0.717, 1.165) is 24.4 Å². The maximum Gasteiger partial charge on any atom is 0.244 e. The summed E-state index contributed by atoms with van der Waals surface area (Å²) in [5, 5.41) is 5.38. The molecule has 4 nitrogen and oxygen atoms in total. The second-order valence-electron chi connectivity index (χ2n) is 7.34. The summed E-state index contributed by atoms with van der Waals surface area (Å²) < 4.78 is 0. The van der Waals surface area contributed by atoms with Gasteiger partial charge in [-0.15, -0.1) is 11.3 Å². The molecule has 3 aliphatic heterocycles. The molecule has 1 N–H and O–H groups in total. The Kier molecular flexibility index (Phi) is 5.18. The van der Waals surface area contributed by atoms with Crippen LogP contribution in [-0.2, 0) is 11.2 Å². The average Bonchev–Trinajstić information content (AvgIpc) is 3.08. The third-order valence-corrected chi connectivity index (χ3v) is 6.71. The van der Waals surface area contributed by atoms with Gasteiger partial charge in [0.05, 0.1) is 0 Å². The molecule has 26 heavy (non-hydrogen) atoms. The summed E-state index contributed by atoms with van der Waals surface area (Å²) >= 11 is 1.67. The minimum absolute atomic E-state index is 0.0211. The Morgan fingerprint density at radius 2 is 2.23 bits per heavy atom. The number of pyridine rings is 1. The number of aromatic nitrogens is 1. The monoisotopic (exact) mass is 367 g/mol. The third-order valence-electron chi connectivity index (χ3n) is 5.73. The van der Waals surface area contributed by atoms with Crippen LogP contribution in [-0.4, -0.2) is 41.0 Å². The Morgan fingerprint density at radius 1 is 1.38 bits per heavy atom. The molecule has 0 unspecified atom stereocenters. The van der Waals surface area contributed by atoms with Crippen LogP contribution in [0.15, 0.2) is 42.0 Å². The zero-order valence-electron chi connectivity index (χ0n) is 15.1. The minimum atomic E-state index is 0.0211. The molecule has 0 aliphatic carbocycles. The van der Waals surface area contributed by atoms with Gasteiger partial charge < -0.3 is 5.32 Å². The summed E-state index contributed by atoms with van der Waals surface area (Å²) in [6.45, 7) is 4.36. The minimum Gasteiger partial charge on any atom is -0.348 e. The molecule has 0 radical (unpaired) electrons. The van der Waals surface area contributed by atoms with Gasteiger partial charge in [0.25, 0.3) is 0 Å². The van der Waals surface area contributed by atoms with E-state index in [1.54, 1.807) is 17.4 Å². The summed E-state index contributed by atoms with van der Waals surface area (Å²) in [5.41, 5.74) is 2.46. The van der Waals surface area contributed by atoms with Gasteiger partial charge in [-0.3, -0.25) is 14.7 Å². The summed E-state index contributed by atoms with van der Waals surface area (Å²) in [5.74, 6) is 0.607. The van der Waals surface area contributed by atoms with Crippen molar-refractivity contribution in [1.82, 2.24) is 15.2 Å². The largest absolute Gasteiger partial charge is 0.348 e. The molecule has 2 bridgehead atoms. The lowest BCUT2D eigenvalue weighted by Crippen LogP contribution is -2.64. The molecule has 0 saturated carbocycles. The molecule has 2 aromatic heterocycles. The van der Waals surface area contributed by atoms with Gasteiger partial charge in [-0.2, -0.15) is 0 Å². The van der Waals surface area contributed by atoms with Crippen LogP contribution in [0.5, 0.6) is 0 Å². The number of hydrogen-bond acceptors (Lipinski definition) is 4. The lowest BCUT2D eigenvalue weighted by atomic mass is 9.77. The molecule has 136 valence electrons. The standard InChI is InChI=1S/C21H25N3OS/c1-15-8-12-26-19(15)4-5-20(25)23-21-17-6-10-24(11-7-17)18(21)13-16-3-2-9-22-14-16/h2-5,8-9,12,14,17-18,21H,6-7,10-11,13H2,1H3,(H,23,25)/b5-4+/t18-,21+/m0/s1. The highest BCUT2D eigenvalue weighted by Gasteiger charge is 2.42. The normalized spacial score (nSPS) is 27.7. The van der Waals surface area contributed by atoms with E-state index in [1.165, 1.54) is 24.0 Å². The van der Waals surface area contributed by atoms with Crippen molar-refractivity contribution in [3.05, 3.63) is 58.1 Å². The van der Waals surface area contributed by atoms with Gasteiger partial charge in [0, 0.05) is 35.4 Å². The van der Waals surface area contributed by atoms with Crippen molar-refractivity contribution in [3.8, 4) is 0 Å². The summed E-state index contributed by atoms with van der Waals surface area (Å²) in [7, 11) is 0. The van der Waals surface area contributed by atoms with E-state index in [2.05, 4.69) is 39.6 Å². The van der Waals surface area contributed by atoms with Crippen molar-refractivity contribution < 1.29 is 4.79 Å². The van der Waals surface area contributed by atoms with Crippen LogP contribution in [0, 0.1) is 12.8 Å². The van der Waals surface area contributed by atoms with E-state index in [4.69, 9.17) is 0 Å². The maximum absolute atomic E-state index is 12.6. The van der Waals surface area contributed by atoms with Crippen molar-refractivity contribution in [3.63, 3.8) is 0 Å². The average molecular weight is 368 g/mol. The molecule has 3 aliphatic rings. The number of aryl methyl sites for hydroxylation is 1. The zero-order chi connectivity index (χ0) is 17.9. The zero-order valence-corrected chi connectivity index (χ0v) is 15.9. The van der Waals surface area contributed by atoms with E-state index < -0.39 is 0 Å². The molecule has 2 aromatic rings. The molecule has 2 atom stereocenters. The fourth-order valence-corrected chi connectivity index (χ4v) is 5.12. The Morgan fingerprint density at radius 3 is 2.92 bits per heavy atom. The molecule has 1 amide bonds. The highest BCUT2D eigenvalue weighted by Crippen LogP contribution is 2.34. The number of nitrogens with zero attached hydrogens (tertiary/aromatic N) is 2. The fourth-order valence-electron chi connectivity index (χ4n) is 4.30. The molecule has 0 aromatic carbocycles. The topological polar surface area (TPSA) is 45.2 Å². The van der Waals surface area contributed by atoms with Crippen LogP contribution < -0.4 is 5.32 Å². The highest BCUT2D eigenvalue weighted by molar-refractivity contribution is 7.11. The molecule has 5 heterocycles. The molecular weight excluding hydrogens is 342 g/mol. The first-order valence-corrected chi connectivity index (χ1v) is 10.2. The predicted molar refractivity (Wildman–Crippen MR) is 106 cm³/mol. The predicted octanol–water partition coefficient (Wildman–Crippen LogP) is 3.29. The van der Waals surface area contributed by atoms with Crippen molar-refractivity contribution in [1.29, 1.82) is 0 Å². The van der Waals surface area contributed by atoms with E-state index >= 15 is 0 Å². The first-order chi connectivity index (χ1) is 12.7. The van der Waals surface area contributed by atoms with E-state index in [1.807, 2.05) is 24.5 Å². The summed E-state index contributed by atoms with van der Waals surface area (Å²) in [4.78, 5) is 20.5. The van der Waals surface area contributed by atoms with E-state index in [0.29, 0.717) is 12.0 Å². The SMILES string of the molecule is Cc1ccsc1/C=C/C(=O)N[C@@H]1C2CCN(CC2)[C@H]1Cc1cccnc1. The van der Waals surface area contributed by atoms with Crippen LogP contribution >= 0.6 is 11.3 Å². The smallest absolute Gasteiger partial charge is 0.244 e. The molecule has 3 fully saturated rings. The van der Waals surface area contributed by atoms with Gasteiger partial charge in [0.1, 0.15) is 0 Å². The van der Waals surface area contributed by atoms with Gasteiger partial charge in [-0.05, 0) is 79.9 Å². The van der Waals surface area contributed by atoms with Gasteiger partial charge in [-0.25, -0.2) is 0 Å². The number of rotatable bonds is 5. The molecule has 3 saturated heterocycles. The van der Waals surface area contributed by atoms with Gasteiger partial charge in [0.2, 0.25) is 5.91 Å². The van der Waals surface area contributed by atoms with Crippen LogP contribution in [0.3, 0.4) is 0 Å². The second kappa shape index (κ2) is 7.72. The summed E-state index contributed by atoms with van der Waals surface area (Å²) in [6.07, 6.45) is 10.7. The number of carbonyl (C=O) groups excluding carboxylic acids is 1. The van der Waals surface area contributed by atoms with Crippen molar-refractivity contribution >= 4 is 23.3 Å². The van der Waals surface area contributed by atoms with Crippen LogP contribution in [0.1, 0.15) is 28.8 Å². The third kappa shape index (κ3) is 3.74. The molecule has 5 heteroatoms. The Labute approximate surface area is 158 Å². The van der Waals surface area contributed by atoms with Gasteiger partial charge in [-0.1, -0.05) is 6.07 Å². The number of nitrogens with one attached hydrogen (secondary N) is 1. The van der Waals surface area contributed by atoms with Crippen molar-refractivity contribution in [2.45, 2.75) is 38.3 Å². The van der Waals surface area contributed by atoms with Crippen LogP contribution in [0.4, 0.5) is 0 Å². The van der Waals surface area contributed by atoms with Crippen LogP contribution in [0.2, 0.25) is 0 Å². The first kappa shape index (κ1) is 17.4. The summed E-state index contributed by atoms with van der Waals surface area (Å²) in [6, 6.07) is 6.80. The van der Waals surface area contributed by atoms with Crippen molar-refractivity contribution in [2.75, 3.05) is 13.1 Å². The van der Waals surface area contributed by atoms with Crippen LogP contribution in [0.25, 0.3) is 6.08 Å². The number of thiophene rings is 1. The Hall–Kier alpha value is -1.98. The van der Waals surface area contributed by atoms with Crippen molar-refractivity contribution in [2.24, 2.45) is 5.92 Å². The van der Waals surface area contributed by atoms with Gasteiger partial charge in [0.15, 0.2) is 0 Å². The lowest BCUT2D eigenvalue weighted by Gasteiger charge is -2.51. The second-order valence-corrected chi connectivity index (χ2v) is 8.29. The highest BCUT2D eigenvalue weighted by atomic mass is 32.1. The number of piperidine rings is 3. The van der Waals surface area contributed by atoms with Gasteiger partial charge >= 0.3 is 0 Å². The number of fused-ring (bicyclic) bond motifs is 3. The quantitative estimate of drug-likeness (QED) is 0.825. The van der Waals surface area contributed by atoms with E-state index in [-0.39, 0.29) is 11.9 Å². The first-order valence-electron chi connectivity index (χ1n) is 9.36. The number of hydrogen-bond donors (Lipinski definition) is 1. The maximum atomic E-state index is 12.6. The Balaban J connectivity index is 1.46. The van der Waals surface area contributed by atoms with E-state index in [9.17, 15) is 4.79 Å². The molecule has 0 spiro atoms. The fraction of sp³-hybridized carbons (Fsp3) is 0.429. The number of amides is 1. The molecular formula is C21H25N3OS. The molecule has 5 rings (SSSR count). The number of carbonyl (C=O) groups is 1. The Bertz CT molecular complexity index is 778.